The maximum Gasteiger partial charge on any atom is 0.170 e. The van der Waals surface area contributed by atoms with E-state index in [-0.39, 0.29) is 22.9 Å². The molecule has 4 N–H and O–H groups in total. The average molecular weight is 315 g/mol. The first-order valence-corrected chi connectivity index (χ1v) is 8.29. The van der Waals surface area contributed by atoms with Gasteiger partial charge < -0.3 is 16.3 Å². The highest BCUT2D eigenvalue weighted by Gasteiger charge is 2.37. The Bertz CT molecular complexity index is 675. The van der Waals surface area contributed by atoms with Gasteiger partial charge in [0.15, 0.2) is 15.7 Å². The number of hydrogen-bond donors (Lipinski definition) is 3. The SMILES string of the molecule is CC1(NCc2ccc(F)cc2C(N)=NO)CCS(=O)(=O)C1. The second-order valence-corrected chi connectivity index (χ2v) is 7.73. The van der Waals surface area contributed by atoms with Gasteiger partial charge in [-0.1, -0.05) is 11.2 Å². The standard InChI is InChI=1S/C13H18FN3O3S/c1-13(4-5-21(19,20)8-13)16-7-9-2-3-10(14)6-11(9)12(15)17-18/h2-3,6,16,18H,4-5,7-8H2,1H3,(H2,15,17). The van der Waals surface area contributed by atoms with Crippen molar-refractivity contribution >= 4 is 15.7 Å². The number of sulfone groups is 1. The summed E-state index contributed by atoms with van der Waals surface area (Å²) in [6.45, 7) is 2.14. The summed E-state index contributed by atoms with van der Waals surface area (Å²) in [5.41, 5.74) is 5.94. The molecule has 0 aromatic heterocycles. The lowest BCUT2D eigenvalue weighted by Crippen LogP contribution is -2.43. The highest BCUT2D eigenvalue weighted by atomic mass is 32.2. The molecule has 2 rings (SSSR count). The van der Waals surface area contributed by atoms with E-state index in [1.54, 1.807) is 0 Å². The predicted molar refractivity (Wildman–Crippen MR) is 77.4 cm³/mol. The molecule has 8 heteroatoms. The van der Waals surface area contributed by atoms with Crippen molar-refractivity contribution in [2.24, 2.45) is 10.9 Å². The number of hydrogen-bond acceptors (Lipinski definition) is 5. The Morgan fingerprint density at radius 1 is 1.57 bits per heavy atom. The van der Waals surface area contributed by atoms with Crippen LogP contribution in [0.3, 0.4) is 0 Å². The zero-order chi connectivity index (χ0) is 15.7. The number of nitrogens with two attached hydrogens (primary N) is 1. The van der Waals surface area contributed by atoms with Gasteiger partial charge >= 0.3 is 0 Å². The summed E-state index contributed by atoms with van der Waals surface area (Å²) in [7, 11) is -3.01. The van der Waals surface area contributed by atoms with Crippen molar-refractivity contribution in [3.63, 3.8) is 0 Å². The normalized spacial score (nSPS) is 25.1. The van der Waals surface area contributed by atoms with E-state index in [9.17, 15) is 12.8 Å². The lowest BCUT2D eigenvalue weighted by atomic mass is 10.00. The van der Waals surface area contributed by atoms with Crippen molar-refractivity contribution in [2.45, 2.75) is 25.4 Å². The quantitative estimate of drug-likeness (QED) is 0.326. The molecule has 1 heterocycles. The van der Waals surface area contributed by atoms with Gasteiger partial charge in [-0.15, -0.1) is 0 Å². The van der Waals surface area contributed by atoms with Crippen molar-refractivity contribution in [3.8, 4) is 0 Å². The van der Waals surface area contributed by atoms with Crippen LogP contribution in [-0.2, 0) is 16.4 Å². The van der Waals surface area contributed by atoms with Crippen LogP contribution in [0.4, 0.5) is 4.39 Å². The van der Waals surface area contributed by atoms with Gasteiger partial charge in [0.2, 0.25) is 0 Å². The smallest absolute Gasteiger partial charge is 0.170 e. The van der Waals surface area contributed by atoms with Gasteiger partial charge in [0.05, 0.1) is 11.5 Å². The number of benzene rings is 1. The van der Waals surface area contributed by atoms with E-state index >= 15 is 0 Å². The summed E-state index contributed by atoms with van der Waals surface area (Å²) in [5.74, 6) is -0.446. The molecule has 21 heavy (non-hydrogen) atoms. The average Bonchev–Trinajstić information content (AvgIpc) is 2.71. The van der Waals surface area contributed by atoms with Crippen LogP contribution in [0.1, 0.15) is 24.5 Å². The second-order valence-electron chi connectivity index (χ2n) is 5.54. The van der Waals surface area contributed by atoms with Gasteiger partial charge in [0.1, 0.15) is 5.82 Å². The van der Waals surface area contributed by atoms with Crippen LogP contribution in [0, 0.1) is 5.82 Å². The Hall–Kier alpha value is -1.67. The minimum Gasteiger partial charge on any atom is -0.409 e. The van der Waals surface area contributed by atoms with E-state index in [2.05, 4.69) is 10.5 Å². The van der Waals surface area contributed by atoms with Crippen LogP contribution in [0.5, 0.6) is 0 Å². The number of halogens is 1. The molecule has 0 spiro atoms. The Morgan fingerprint density at radius 3 is 2.86 bits per heavy atom. The topological polar surface area (TPSA) is 105 Å². The molecule has 0 aliphatic carbocycles. The Morgan fingerprint density at radius 2 is 2.29 bits per heavy atom. The van der Waals surface area contributed by atoms with Gasteiger partial charge in [0, 0.05) is 17.6 Å². The van der Waals surface area contributed by atoms with Gasteiger partial charge in [-0.2, -0.15) is 0 Å². The number of nitrogens with one attached hydrogen (secondary N) is 1. The van der Waals surface area contributed by atoms with Crippen LogP contribution >= 0.6 is 0 Å². The third kappa shape index (κ3) is 3.70. The molecule has 0 saturated carbocycles. The number of nitrogens with zero attached hydrogens (tertiary/aromatic N) is 1. The molecule has 1 aromatic carbocycles. The van der Waals surface area contributed by atoms with E-state index in [4.69, 9.17) is 10.9 Å². The van der Waals surface area contributed by atoms with E-state index in [0.29, 0.717) is 18.5 Å². The van der Waals surface area contributed by atoms with Gasteiger partial charge in [-0.25, -0.2) is 12.8 Å². The van der Waals surface area contributed by atoms with Crippen molar-refractivity contribution < 1.29 is 18.0 Å². The lowest BCUT2D eigenvalue weighted by molar-refractivity contribution is 0.318. The zero-order valence-electron chi connectivity index (χ0n) is 11.6. The molecule has 1 aliphatic heterocycles. The molecule has 116 valence electrons. The van der Waals surface area contributed by atoms with E-state index < -0.39 is 21.2 Å². The van der Waals surface area contributed by atoms with Crippen molar-refractivity contribution in [1.82, 2.24) is 5.32 Å². The predicted octanol–water partition coefficient (Wildman–Crippen LogP) is 0.587. The Balaban J connectivity index is 2.18. The number of rotatable bonds is 4. The molecular formula is C13H18FN3O3S. The lowest BCUT2D eigenvalue weighted by Gasteiger charge is -2.24. The second kappa shape index (κ2) is 5.61. The van der Waals surface area contributed by atoms with Crippen molar-refractivity contribution in [1.29, 1.82) is 0 Å². The molecule has 1 saturated heterocycles. The summed E-state index contributed by atoms with van der Waals surface area (Å²) >= 11 is 0. The first-order valence-electron chi connectivity index (χ1n) is 6.46. The summed E-state index contributed by atoms with van der Waals surface area (Å²) < 4.78 is 36.4. The van der Waals surface area contributed by atoms with Crippen LogP contribution in [-0.4, -0.2) is 36.5 Å². The minimum atomic E-state index is -3.01. The number of oxime groups is 1. The molecule has 1 unspecified atom stereocenters. The highest BCUT2D eigenvalue weighted by Crippen LogP contribution is 2.23. The molecular weight excluding hydrogens is 297 g/mol. The van der Waals surface area contributed by atoms with Gasteiger partial charge in [-0.05, 0) is 31.0 Å². The van der Waals surface area contributed by atoms with E-state index in [1.807, 2.05) is 6.92 Å². The molecule has 1 atom stereocenters. The fourth-order valence-electron chi connectivity index (χ4n) is 2.45. The van der Waals surface area contributed by atoms with Gasteiger partial charge in [-0.3, -0.25) is 0 Å². The number of amidine groups is 1. The summed E-state index contributed by atoms with van der Waals surface area (Å²) in [5, 5.41) is 14.8. The van der Waals surface area contributed by atoms with E-state index in [1.165, 1.54) is 18.2 Å². The largest absolute Gasteiger partial charge is 0.409 e. The highest BCUT2D eigenvalue weighted by molar-refractivity contribution is 7.91. The van der Waals surface area contributed by atoms with Crippen LogP contribution < -0.4 is 11.1 Å². The summed E-state index contributed by atoms with van der Waals surface area (Å²) in [6, 6.07) is 3.99. The molecule has 0 radical (unpaired) electrons. The van der Waals surface area contributed by atoms with Crippen molar-refractivity contribution in [2.75, 3.05) is 11.5 Å². The Kier molecular flexibility index (Phi) is 4.20. The molecule has 6 nitrogen and oxygen atoms in total. The minimum absolute atomic E-state index is 0.0695. The molecule has 1 fully saturated rings. The third-order valence-corrected chi connectivity index (χ3v) is 5.57. The molecule has 0 bridgehead atoms. The molecule has 1 aromatic rings. The van der Waals surface area contributed by atoms with Crippen molar-refractivity contribution in [3.05, 3.63) is 35.1 Å². The third-order valence-electron chi connectivity index (χ3n) is 3.66. The fourth-order valence-corrected chi connectivity index (χ4v) is 4.58. The van der Waals surface area contributed by atoms with Crippen LogP contribution in [0.15, 0.2) is 23.4 Å². The maximum atomic E-state index is 13.3. The summed E-state index contributed by atoms with van der Waals surface area (Å²) in [4.78, 5) is 0. The van der Waals surface area contributed by atoms with Crippen LogP contribution in [0.2, 0.25) is 0 Å². The van der Waals surface area contributed by atoms with Gasteiger partial charge in [0.25, 0.3) is 0 Å². The Labute approximate surface area is 122 Å². The fraction of sp³-hybridized carbons (Fsp3) is 0.462. The van der Waals surface area contributed by atoms with Crippen LogP contribution in [0.25, 0.3) is 0 Å². The zero-order valence-corrected chi connectivity index (χ0v) is 12.5. The molecule has 1 aliphatic rings. The molecule has 0 amide bonds. The monoisotopic (exact) mass is 315 g/mol. The maximum absolute atomic E-state index is 13.3. The first kappa shape index (κ1) is 15.7. The first-order chi connectivity index (χ1) is 9.75. The van der Waals surface area contributed by atoms with E-state index in [0.717, 1.165) is 0 Å². The summed E-state index contributed by atoms with van der Waals surface area (Å²) in [6.07, 6.45) is 0.523.